The number of nitrogens with two attached hydrogens (primary N) is 1. The maximum Gasteiger partial charge on any atom is 0.243 e. The Morgan fingerprint density at radius 1 is 1.47 bits per heavy atom. The van der Waals surface area contributed by atoms with Crippen LogP contribution in [0.25, 0.3) is 0 Å². The van der Waals surface area contributed by atoms with E-state index in [1.807, 2.05) is 0 Å². The highest BCUT2D eigenvalue weighted by Crippen LogP contribution is 2.19. The van der Waals surface area contributed by atoms with Crippen molar-refractivity contribution in [2.24, 2.45) is 5.73 Å². The minimum absolute atomic E-state index is 0.0399. The van der Waals surface area contributed by atoms with Crippen molar-refractivity contribution in [3.63, 3.8) is 0 Å². The lowest BCUT2D eigenvalue weighted by Gasteiger charge is -2.21. The fourth-order valence-corrected chi connectivity index (χ4v) is 3.24. The van der Waals surface area contributed by atoms with Gasteiger partial charge in [0.25, 0.3) is 0 Å². The molecule has 0 amide bonds. The number of nitrogens with zero attached hydrogens (tertiary/aromatic N) is 1. The molecule has 1 aromatic carbocycles. The summed E-state index contributed by atoms with van der Waals surface area (Å²) in [5.74, 6) is -0.496. The van der Waals surface area contributed by atoms with Gasteiger partial charge in [0.05, 0.1) is 4.90 Å². The van der Waals surface area contributed by atoms with E-state index in [0.717, 1.165) is 11.6 Å². The topological polar surface area (TPSA) is 63.4 Å². The predicted octanol–water partition coefficient (Wildman–Crippen LogP) is 1.87. The minimum Gasteiger partial charge on any atom is -0.326 e. The molecule has 1 rings (SSSR count). The summed E-state index contributed by atoms with van der Waals surface area (Å²) in [5.41, 5.74) is 6.32. The van der Waals surface area contributed by atoms with E-state index in [9.17, 15) is 12.8 Å². The third kappa shape index (κ3) is 3.62. The maximum atomic E-state index is 13.3. The molecule has 0 aliphatic carbocycles. The number of sulfonamides is 1. The van der Waals surface area contributed by atoms with Gasteiger partial charge in [-0.05, 0) is 25.1 Å². The van der Waals surface area contributed by atoms with Gasteiger partial charge in [-0.2, -0.15) is 4.31 Å². The van der Waals surface area contributed by atoms with Crippen LogP contribution in [0.3, 0.4) is 0 Å². The number of benzene rings is 1. The Bertz CT molecular complexity index is 570. The van der Waals surface area contributed by atoms with E-state index in [0.29, 0.717) is 6.54 Å². The van der Waals surface area contributed by atoms with Crippen LogP contribution >= 0.6 is 0 Å². The van der Waals surface area contributed by atoms with Gasteiger partial charge in [-0.25, -0.2) is 12.8 Å². The molecule has 19 heavy (non-hydrogen) atoms. The van der Waals surface area contributed by atoms with Crippen LogP contribution < -0.4 is 5.73 Å². The zero-order valence-electron chi connectivity index (χ0n) is 11.2. The molecule has 106 valence electrons. The van der Waals surface area contributed by atoms with Crippen LogP contribution in [0, 0.1) is 5.82 Å². The summed E-state index contributed by atoms with van der Waals surface area (Å²) < 4.78 is 39.4. The molecule has 0 aliphatic rings. The van der Waals surface area contributed by atoms with Crippen LogP contribution in [0.5, 0.6) is 0 Å². The van der Waals surface area contributed by atoms with Crippen LogP contribution in [0.2, 0.25) is 0 Å². The van der Waals surface area contributed by atoms with Crippen LogP contribution in [0.15, 0.2) is 35.2 Å². The van der Waals surface area contributed by atoms with E-state index in [2.05, 4.69) is 6.58 Å². The van der Waals surface area contributed by atoms with Crippen molar-refractivity contribution < 1.29 is 12.8 Å². The average molecular weight is 286 g/mol. The summed E-state index contributed by atoms with van der Waals surface area (Å²) in [6.45, 7) is 7.74. The Morgan fingerprint density at radius 2 is 2.11 bits per heavy atom. The first-order valence-corrected chi connectivity index (χ1v) is 7.40. The van der Waals surface area contributed by atoms with E-state index in [1.54, 1.807) is 13.8 Å². The quantitative estimate of drug-likeness (QED) is 0.812. The molecule has 0 radical (unpaired) electrons. The van der Waals surface area contributed by atoms with E-state index >= 15 is 0 Å². The van der Waals surface area contributed by atoms with Crippen LogP contribution in [-0.2, 0) is 16.6 Å². The monoisotopic (exact) mass is 286 g/mol. The second-order valence-electron chi connectivity index (χ2n) is 4.35. The summed E-state index contributed by atoms with van der Waals surface area (Å²) in [6, 6.07) is 3.67. The zero-order chi connectivity index (χ0) is 14.6. The first-order valence-electron chi connectivity index (χ1n) is 5.96. The van der Waals surface area contributed by atoms with Crippen molar-refractivity contribution >= 4 is 10.0 Å². The molecule has 1 aromatic rings. The molecule has 0 spiro atoms. The van der Waals surface area contributed by atoms with Crippen molar-refractivity contribution in [3.05, 3.63) is 41.7 Å². The molecular formula is C13H19FN2O2S. The number of halogens is 1. The molecule has 0 aromatic heterocycles. The highest BCUT2D eigenvalue weighted by molar-refractivity contribution is 7.89. The fourth-order valence-electron chi connectivity index (χ4n) is 1.68. The number of hydrogen-bond donors (Lipinski definition) is 1. The third-order valence-corrected chi connectivity index (χ3v) is 4.59. The molecular weight excluding hydrogens is 267 g/mol. The molecule has 0 aliphatic heterocycles. The van der Waals surface area contributed by atoms with Crippen molar-refractivity contribution in [2.45, 2.75) is 25.3 Å². The van der Waals surface area contributed by atoms with Crippen LogP contribution in [0.1, 0.15) is 19.4 Å². The smallest absolute Gasteiger partial charge is 0.243 e. The Morgan fingerprint density at radius 3 is 2.58 bits per heavy atom. The second-order valence-corrected chi connectivity index (χ2v) is 6.28. The Hall–Kier alpha value is -1.24. The van der Waals surface area contributed by atoms with E-state index in [1.165, 1.54) is 16.4 Å². The van der Waals surface area contributed by atoms with Gasteiger partial charge in [-0.1, -0.05) is 19.1 Å². The average Bonchev–Trinajstić information content (AvgIpc) is 2.35. The maximum absolute atomic E-state index is 13.3. The first kappa shape index (κ1) is 15.8. The molecule has 6 heteroatoms. The largest absolute Gasteiger partial charge is 0.326 e. The summed E-state index contributed by atoms with van der Waals surface area (Å²) in [5, 5.41) is 0. The normalized spacial score (nSPS) is 11.8. The Kier molecular flexibility index (Phi) is 5.22. The van der Waals surface area contributed by atoms with Crippen LogP contribution in [-0.4, -0.2) is 25.8 Å². The number of likely N-dealkylation sites (N-methyl/N-ethyl adjacent to an activating group) is 1. The summed E-state index contributed by atoms with van der Waals surface area (Å²) in [4.78, 5) is 0.0532. The van der Waals surface area contributed by atoms with E-state index in [-0.39, 0.29) is 23.5 Å². The molecule has 0 saturated heterocycles. The molecule has 0 fully saturated rings. The van der Waals surface area contributed by atoms with Gasteiger partial charge >= 0.3 is 0 Å². The molecule has 0 bridgehead atoms. The van der Waals surface area contributed by atoms with Crippen molar-refractivity contribution in [1.82, 2.24) is 4.31 Å². The number of rotatable bonds is 6. The van der Waals surface area contributed by atoms with Crippen molar-refractivity contribution in [3.8, 4) is 0 Å². The van der Waals surface area contributed by atoms with E-state index < -0.39 is 15.8 Å². The molecule has 4 nitrogen and oxygen atoms in total. The molecule has 0 unspecified atom stereocenters. The lowest BCUT2D eigenvalue weighted by atomic mass is 10.2. The third-order valence-electron chi connectivity index (χ3n) is 2.67. The highest BCUT2D eigenvalue weighted by atomic mass is 32.2. The fraction of sp³-hybridized carbons (Fsp3) is 0.385. The highest BCUT2D eigenvalue weighted by Gasteiger charge is 2.23. The Balaban J connectivity index is 3.21. The molecule has 0 saturated carbocycles. The zero-order valence-corrected chi connectivity index (χ0v) is 12.0. The van der Waals surface area contributed by atoms with Crippen molar-refractivity contribution in [1.29, 1.82) is 0 Å². The number of hydrogen-bond acceptors (Lipinski definition) is 3. The summed E-state index contributed by atoms with van der Waals surface area (Å²) >= 11 is 0. The van der Waals surface area contributed by atoms with Gasteiger partial charge < -0.3 is 5.73 Å². The first-order chi connectivity index (χ1) is 8.82. The van der Waals surface area contributed by atoms with Gasteiger partial charge in [0.1, 0.15) is 5.82 Å². The minimum atomic E-state index is -3.65. The van der Waals surface area contributed by atoms with Crippen LogP contribution in [0.4, 0.5) is 4.39 Å². The summed E-state index contributed by atoms with van der Waals surface area (Å²) in [7, 11) is -3.65. The SMILES string of the molecule is C=C(C)CN(CC)S(=O)(=O)c1ccc(F)c(CN)c1. The van der Waals surface area contributed by atoms with Gasteiger partial charge in [-0.3, -0.25) is 0 Å². The lowest BCUT2D eigenvalue weighted by molar-refractivity contribution is 0.452. The van der Waals surface area contributed by atoms with Gasteiger partial charge in [0.15, 0.2) is 0 Å². The van der Waals surface area contributed by atoms with Gasteiger partial charge in [-0.15, -0.1) is 0 Å². The van der Waals surface area contributed by atoms with E-state index in [4.69, 9.17) is 5.73 Å². The van der Waals surface area contributed by atoms with Gasteiger partial charge in [0, 0.05) is 25.2 Å². The Labute approximate surface area is 113 Å². The summed E-state index contributed by atoms with van der Waals surface area (Å²) in [6.07, 6.45) is 0. The molecule has 0 heterocycles. The predicted molar refractivity (Wildman–Crippen MR) is 73.5 cm³/mol. The molecule has 2 N–H and O–H groups in total. The standard InChI is InChI=1S/C13H19FN2O2S/c1-4-16(9-10(2)3)19(17,18)12-5-6-13(14)11(7-12)8-15/h5-7H,2,4,8-9,15H2,1,3H3. The van der Waals surface area contributed by atoms with Crippen molar-refractivity contribution in [2.75, 3.05) is 13.1 Å². The molecule has 0 atom stereocenters. The van der Waals surface area contributed by atoms with Gasteiger partial charge in [0.2, 0.25) is 10.0 Å². The second kappa shape index (κ2) is 6.27. The lowest BCUT2D eigenvalue weighted by Crippen LogP contribution is -2.32.